The average Bonchev–Trinajstić information content (AvgIpc) is 3.74. The predicted octanol–water partition coefficient (Wildman–Crippen LogP) is 10.2. The number of para-hydroxylation sites is 3. The number of ether oxygens (including phenoxy) is 2. The molecule has 6 aromatic carbocycles. The van der Waals surface area contributed by atoms with Crippen molar-refractivity contribution < 1.29 is 9.47 Å². The minimum absolute atomic E-state index is 0.0254. The van der Waals surface area contributed by atoms with Gasteiger partial charge in [0.1, 0.15) is 23.1 Å². The molecular weight excluding hydrogens is 649 g/mol. The van der Waals surface area contributed by atoms with Gasteiger partial charge in [-0.1, -0.05) is 109 Å². The summed E-state index contributed by atoms with van der Waals surface area (Å²) in [6.45, 7) is 0.0254. The van der Waals surface area contributed by atoms with Crippen LogP contribution in [0.1, 0.15) is 12.8 Å². The Morgan fingerprint density at radius 3 is 2.02 bits per heavy atom. The lowest BCUT2D eigenvalue weighted by Gasteiger charge is -2.34. The van der Waals surface area contributed by atoms with Crippen LogP contribution in [0.25, 0.3) is 66.2 Å². The van der Waals surface area contributed by atoms with Crippen molar-refractivity contribution in [3.8, 4) is 40.0 Å². The average molecular weight is 680 g/mol. The van der Waals surface area contributed by atoms with Crippen LogP contribution in [-0.4, -0.2) is 20.8 Å². The van der Waals surface area contributed by atoms with E-state index in [1.54, 1.807) is 0 Å². The summed E-state index contributed by atoms with van der Waals surface area (Å²) >= 11 is 0. The van der Waals surface area contributed by atoms with Crippen molar-refractivity contribution in [3.05, 3.63) is 169 Å². The molecule has 0 saturated carbocycles. The lowest BCUT2D eigenvalue weighted by molar-refractivity contribution is 0.381. The standard InChI is InChI=1S/C47H30BN3O2/c1-2-12-29(13-3-1)30-22-24-31(25-23-30)50-36-18-8-4-14-32(36)44-38(50)26-27-39-45(44)33-15-5-9-19-37(33)51(39)43-28-42-46-47(49-43)53-41-21-11-7-17-35(41)48(46)34-16-6-10-20-40(34)52-42/h1-10,12-20,22-28H,11,21H2. The van der Waals surface area contributed by atoms with Crippen LogP contribution in [0.4, 0.5) is 0 Å². The van der Waals surface area contributed by atoms with Crippen LogP contribution in [-0.2, 0) is 0 Å². The van der Waals surface area contributed by atoms with Crippen LogP contribution in [0, 0.1) is 0 Å². The van der Waals surface area contributed by atoms with Gasteiger partial charge >= 0.3 is 0 Å². The summed E-state index contributed by atoms with van der Waals surface area (Å²) in [6, 6.07) is 51.9. The highest BCUT2D eigenvalue weighted by Gasteiger charge is 2.42. The van der Waals surface area contributed by atoms with Crippen molar-refractivity contribution in [1.29, 1.82) is 0 Å². The Kier molecular flexibility index (Phi) is 5.91. The maximum atomic E-state index is 6.70. The Morgan fingerprint density at radius 1 is 0.566 bits per heavy atom. The van der Waals surface area contributed by atoms with Gasteiger partial charge in [-0.2, -0.15) is 4.98 Å². The second-order valence-electron chi connectivity index (χ2n) is 14.2. The van der Waals surface area contributed by atoms with Gasteiger partial charge in [-0.05, 0) is 70.9 Å². The van der Waals surface area contributed by atoms with Crippen LogP contribution < -0.4 is 20.4 Å². The lowest BCUT2D eigenvalue weighted by Crippen LogP contribution is -2.51. The third kappa shape index (κ3) is 4.06. The first-order valence-corrected chi connectivity index (χ1v) is 18.3. The Hall–Kier alpha value is -6.79. The van der Waals surface area contributed by atoms with Crippen LogP contribution in [0.3, 0.4) is 0 Å². The van der Waals surface area contributed by atoms with Crippen molar-refractivity contribution in [2.24, 2.45) is 0 Å². The van der Waals surface area contributed by atoms with E-state index in [-0.39, 0.29) is 6.71 Å². The fourth-order valence-corrected chi connectivity index (χ4v) is 9.07. The first-order chi connectivity index (χ1) is 26.3. The van der Waals surface area contributed by atoms with Gasteiger partial charge in [0.25, 0.3) is 6.71 Å². The highest BCUT2D eigenvalue weighted by atomic mass is 16.5. The Balaban J connectivity index is 1.10. The van der Waals surface area contributed by atoms with Crippen molar-refractivity contribution in [2.45, 2.75) is 12.8 Å². The summed E-state index contributed by atoms with van der Waals surface area (Å²) in [6.07, 6.45) is 6.30. The molecule has 9 aromatic rings. The minimum atomic E-state index is 0.0254. The van der Waals surface area contributed by atoms with Crippen LogP contribution in [0.2, 0.25) is 0 Å². The molecule has 2 aliphatic heterocycles. The predicted molar refractivity (Wildman–Crippen MR) is 216 cm³/mol. The summed E-state index contributed by atoms with van der Waals surface area (Å²) < 4.78 is 18.1. The van der Waals surface area contributed by atoms with E-state index in [0.717, 1.165) is 63.6 Å². The Morgan fingerprint density at radius 2 is 1.23 bits per heavy atom. The molecule has 0 amide bonds. The minimum Gasteiger partial charge on any atom is -0.458 e. The number of allylic oxidation sites excluding steroid dienone is 4. The van der Waals surface area contributed by atoms with Crippen molar-refractivity contribution in [2.75, 3.05) is 0 Å². The molecule has 53 heavy (non-hydrogen) atoms. The molecule has 5 nitrogen and oxygen atoms in total. The van der Waals surface area contributed by atoms with Crippen molar-refractivity contribution >= 4 is 61.3 Å². The van der Waals surface area contributed by atoms with Gasteiger partial charge in [-0.15, -0.1) is 0 Å². The van der Waals surface area contributed by atoms with Gasteiger partial charge in [-0.3, -0.25) is 4.57 Å². The zero-order valence-electron chi connectivity index (χ0n) is 28.7. The summed E-state index contributed by atoms with van der Waals surface area (Å²) in [7, 11) is 0. The van der Waals surface area contributed by atoms with E-state index in [2.05, 4.69) is 161 Å². The van der Waals surface area contributed by atoms with Crippen molar-refractivity contribution in [3.63, 3.8) is 0 Å². The van der Waals surface area contributed by atoms with E-state index < -0.39 is 0 Å². The number of hydrogen-bond donors (Lipinski definition) is 0. The fraction of sp³-hybridized carbons (Fsp3) is 0.0426. The summed E-state index contributed by atoms with van der Waals surface area (Å²) in [4.78, 5) is 5.34. The monoisotopic (exact) mass is 679 g/mol. The molecule has 248 valence electrons. The van der Waals surface area contributed by atoms with E-state index in [9.17, 15) is 0 Å². The molecular formula is C47H30BN3O2. The number of rotatable bonds is 3. The van der Waals surface area contributed by atoms with Gasteiger partial charge in [0.2, 0.25) is 5.88 Å². The second-order valence-corrected chi connectivity index (χ2v) is 14.2. The highest BCUT2D eigenvalue weighted by molar-refractivity contribution is 6.93. The smallest absolute Gasteiger partial charge is 0.262 e. The molecule has 0 bridgehead atoms. The first-order valence-electron chi connectivity index (χ1n) is 18.3. The summed E-state index contributed by atoms with van der Waals surface area (Å²) in [5, 5.41) is 4.82. The molecule has 0 spiro atoms. The third-order valence-corrected chi connectivity index (χ3v) is 11.3. The number of benzene rings is 6. The van der Waals surface area contributed by atoms with E-state index in [1.165, 1.54) is 49.2 Å². The quantitative estimate of drug-likeness (QED) is 0.175. The van der Waals surface area contributed by atoms with Gasteiger partial charge in [0.05, 0.1) is 22.1 Å². The first kappa shape index (κ1) is 28.9. The molecule has 1 aliphatic carbocycles. The molecule has 3 aliphatic rings. The van der Waals surface area contributed by atoms with Crippen LogP contribution in [0.15, 0.2) is 169 Å². The molecule has 0 radical (unpaired) electrons. The van der Waals surface area contributed by atoms with E-state index in [1.807, 2.05) is 6.07 Å². The molecule has 0 N–H and O–H groups in total. The fourth-order valence-electron chi connectivity index (χ4n) is 9.07. The molecule has 5 heterocycles. The number of pyridine rings is 1. The molecule has 0 fully saturated rings. The zero-order valence-corrected chi connectivity index (χ0v) is 28.7. The summed E-state index contributed by atoms with van der Waals surface area (Å²) in [5.41, 5.74) is 11.4. The highest BCUT2D eigenvalue weighted by Crippen LogP contribution is 2.44. The number of fused-ring (bicyclic) bond motifs is 10. The molecule has 0 unspecified atom stereocenters. The maximum Gasteiger partial charge on any atom is 0.262 e. The molecule has 0 saturated heterocycles. The third-order valence-electron chi connectivity index (χ3n) is 11.3. The maximum absolute atomic E-state index is 6.70. The Labute approximate surface area is 305 Å². The summed E-state index contributed by atoms with van der Waals surface area (Å²) in [5.74, 6) is 4.09. The van der Waals surface area contributed by atoms with Gasteiger partial charge in [0, 0.05) is 45.2 Å². The molecule has 12 rings (SSSR count). The normalized spacial score (nSPS) is 14.4. The van der Waals surface area contributed by atoms with Crippen LogP contribution >= 0.6 is 0 Å². The largest absolute Gasteiger partial charge is 0.458 e. The zero-order chi connectivity index (χ0) is 34.6. The van der Waals surface area contributed by atoms with Gasteiger partial charge < -0.3 is 14.0 Å². The van der Waals surface area contributed by atoms with Gasteiger partial charge in [0.15, 0.2) is 0 Å². The topological polar surface area (TPSA) is 41.2 Å². The molecule has 0 atom stereocenters. The van der Waals surface area contributed by atoms with Crippen molar-refractivity contribution in [1.82, 2.24) is 14.1 Å². The number of aromatic nitrogens is 3. The molecule has 3 aromatic heterocycles. The number of hydrogen-bond acceptors (Lipinski definition) is 3. The number of nitrogens with zero attached hydrogens (tertiary/aromatic N) is 3. The van der Waals surface area contributed by atoms with E-state index in [4.69, 9.17) is 14.5 Å². The SMILES string of the molecule is C1=CC2=C(CC1)Oc1nc(-n3c4ccccc4c4c5c6ccccc6n(-c6ccc(-c7ccccc7)cc6)c5ccc43)cc3c1B2c1ccccc1O3. The van der Waals surface area contributed by atoms with E-state index in [0.29, 0.717) is 5.88 Å². The Bertz CT molecular complexity index is 3060. The lowest BCUT2D eigenvalue weighted by atomic mass is 9.34. The molecule has 6 heteroatoms. The van der Waals surface area contributed by atoms with E-state index >= 15 is 0 Å². The van der Waals surface area contributed by atoms with Gasteiger partial charge in [-0.25, -0.2) is 0 Å². The second kappa shape index (κ2) is 10.9. The van der Waals surface area contributed by atoms with Crippen LogP contribution in [0.5, 0.6) is 17.4 Å².